The van der Waals surface area contributed by atoms with Gasteiger partial charge in [-0.15, -0.1) is 11.3 Å². The Morgan fingerprint density at radius 2 is 2.22 bits per heavy atom. The van der Waals surface area contributed by atoms with Crippen LogP contribution in [0.4, 0.5) is 0 Å². The second kappa shape index (κ2) is 4.23. The number of carbonyl (C=O) groups is 1. The molecule has 5 heteroatoms. The first-order chi connectivity index (χ1) is 8.63. The van der Waals surface area contributed by atoms with Crippen molar-refractivity contribution in [2.45, 2.75) is 6.92 Å². The number of carbonyl (C=O) groups excluding carboxylic acids is 1. The molecule has 0 aromatic carbocycles. The molecule has 18 heavy (non-hydrogen) atoms. The summed E-state index contributed by atoms with van der Waals surface area (Å²) < 4.78 is 6.08. The number of ketones is 1. The number of thiophene rings is 1. The summed E-state index contributed by atoms with van der Waals surface area (Å²) in [5.41, 5.74) is 2.74. The Morgan fingerprint density at radius 3 is 2.94 bits per heavy atom. The highest BCUT2D eigenvalue weighted by Gasteiger charge is 2.16. The predicted octanol–water partition coefficient (Wildman–Crippen LogP) is 4.08. The number of fused-ring (bicyclic) bond motifs is 1. The first kappa shape index (κ1) is 11.4. The minimum absolute atomic E-state index is 0.172. The lowest BCUT2D eigenvalue weighted by atomic mass is 10.2. The first-order valence-corrected chi connectivity index (χ1v) is 6.55. The summed E-state index contributed by atoms with van der Waals surface area (Å²) in [6, 6.07) is 6.97. The molecule has 0 saturated heterocycles. The number of aromatic nitrogens is 1. The van der Waals surface area contributed by atoms with Crippen molar-refractivity contribution in [3.8, 4) is 0 Å². The SMILES string of the molecule is Cc1ccc2oc(C(=O)c3csc(Cl)c3)cc2n1. The van der Waals surface area contributed by atoms with Crippen molar-refractivity contribution in [3.05, 3.63) is 51.0 Å². The molecule has 0 amide bonds. The van der Waals surface area contributed by atoms with Gasteiger partial charge in [0.2, 0.25) is 5.78 Å². The molecule has 0 spiro atoms. The molecule has 0 aliphatic rings. The molecular weight excluding hydrogens is 270 g/mol. The molecule has 3 rings (SSSR count). The second-order valence-corrected chi connectivity index (χ2v) is 5.46. The second-order valence-electron chi connectivity index (χ2n) is 3.92. The molecule has 0 aliphatic heterocycles. The topological polar surface area (TPSA) is 43.1 Å². The number of hydrogen-bond donors (Lipinski definition) is 0. The van der Waals surface area contributed by atoms with Crippen LogP contribution >= 0.6 is 22.9 Å². The Balaban J connectivity index is 2.06. The standard InChI is InChI=1S/C13H8ClNO2S/c1-7-2-3-10-9(15-7)5-11(17-10)13(16)8-4-12(14)18-6-8/h2-6H,1H3. The van der Waals surface area contributed by atoms with Crippen LogP contribution < -0.4 is 0 Å². The minimum atomic E-state index is -0.172. The zero-order valence-corrected chi connectivity index (χ0v) is 11.0. The molecule has 0 unspecified atom stereocenters. The maximum Gasteiger partial charge on any atom is 0.229 e. The summed E-state index contributed by atoms with van der Waals surface area (Å²) >= 11 is 7.14. The van der Waals surface area contributed by atoms with Gasteiger partial charge in [0.05, 0.1) is 4.34 Å². The van der Waals surface area contributed by atoms with Gasteiger partial charge in [0.15, 0.2) is 11.3 Å². The van der Waals surface area contributed by atoms with Crippen molar-refractivity contribution < 1.29 is 9.21 Å². The average Bonchev–Trinajstić information content (AvgIpc) is 2.93. The molecule has 0 N–H and O–H groups in total. The Morgan fingerprint density at radius 1 is 1.39 bits per heavy atom. The number of nitrogens with zero attached hydrogens (tertiary/aromatic N) is 1. The average molecular weight is 278 g/mol. The van der Waals surface area contributed by atoms with Gasteiger partial charge >= 0.3 is 0 Å². The van der Waals surface area contributed by atoms with Crippen LogP contribution in [0.3, 0.4) is 0 Å². The molecule has 3 heterocycles. The molecule has 0 radical (unpaired) electrons. The lowest BCUT2D eigenvalue weighted by Crippen LogP contribution is -1.96. The van der Waals surface area contributed by atoms with Gasteiger partial charge in [0.25, 0.3) is 0 Å². The lowest BCUT2D eigenvalue weighted by Gasteiger charge is -1.90. The summed E-state index contributed by atoms with van der Waals surface area (Å²) in [4.78, 5) is 16.4. The van der Waals surface area contributed by atoms with E-state index in [0.717, 1.165) is 5.69 Å². The largest absolute Gasteiger partial charge is 0.451 e. The summed E-state index contributed by atoms with van der Waals surface area (Å²) in [5, 5.41) is 1.72. The molecule has 0 atom stereocenters. The summed E-state index contributed by atoms with van der Waals surface area (Å²) in [6.07, 6.45) is 0. The normalized spacial score (nSPS) is 11.0. The third-order valence-electron chi connectivity index (χ3n) is 2.57. The van der Waals surface area contributed by atoms with Crippen LogP contribution in [0, 0.1) is 6.92 Å². The van der Waals surface area contributed by atoms with Gasteiger partial charge in [0, 0.05) is 22.7 Å². The van der Waals surface area contributed by atoms with Crippen molar-refractivity contribution in [2.75, 3.05) is 0 Å². The van der Waals surface area contributed by atoms with E-state index < -0.39 is 0 Å². The van der Waals surface area contributed by atoms with Crippen molar-refractivity contribution in [2.24, 2.45) is 0 Å². The summed E-state index contributed by atoms with van der Waals surface area (Å²) in [7, 11) is 0. The van der Waals surface area contributed by atoms with Crippen molar-refractivity contribution in [1.82, 2.24) is 4.98 Å². The zero-order chi connectivity index (χ0) is 12.7. The third-order valence-corrected chi connectivity index (χ3v) is 3.66. The molecule has 0 saturated carbocycles. The maximum atomic E-state index is 12.1. The van der Waals surface area contributed by atoms with E-state index in [1.165, 1.54) is 11.3 Å². The molecule has 3 nitrogen and oxygen atoms in total. The van der Waals surface area contributed by atoms with E-state index in [1.54, 1.807) is 17.5 Å². The van der Waals surface area contributed by atoms with Crippen molar-refractivity contribution >= 4 is 39.8 Å². The first-order valence-electron chi connectivity index (χ1n) is 5.29. The Hall–Kier alpha value is -1.65. The van der Waals surface area contributed by atoms with Gasteiger partial charge in [0.1, 0.15) is 5.52 Å². The molecule has 3 aromatic rings. The minimum Gasteiger partial charge on any atom is -0.451 e. The van der Waals surface area contributed by atoms with E-state index >= 15 is 0 Å². The smallest absolute Gasteiger partial charge is 0.229 e. The van der Waals surface area contributed by atoms with Gasteiger partial charge in [-0.3, -0.25) is 4.79 Å². The Labute approximate surface area is 112 Å². The van der Waals surface area contributed by atoms with Crippen molar-refractivity contribution in [3.63, 3.8) is 0 Å². The van der Waals surface area contributed by atoms with E-state index in [9.17, 15) is 4.79 Å². The van der Waals surface area contributed by atoms with E-state index in [-0.39, 0.29) is 11.5 Å². The highest BCUT2D eigenvalue weighted by Crippen LogP contribution is 2.25. The lowest BCUT2D eigenvalue weighted by molar-refractivity contribution is 0.101. The van der Waals surface area contributed by atoms with Crippen LogP contribution in [-0.4, -0.2) is 10.8 Å². The van der Waals surface area contributed by atoms with Crippen LogP contribution in [0.1, 0.15) is 21.8 Å². The van der Waals surface area contributed by atoms with Gasteiger partial charge in [-0.2, -0.15) is 0 Å². The number of halogens is 1. The number of hydrogen-bond acceptors (Lipinski definition) is 4. The number of aryl methyl sites for hydroxylation is 1. The molecule has 0 aliphatic carbocycles. The van der Waals surface area contributed by atoms with Crippen LogP contribution in [0.2, 0.25) is 4.34 Å². The third kappa shape index (κ3) is 1.94. The van der Waals surface area contributed by atoms with Crippen LogP contribution in [0.25, 0.3) is 11.1 Å². The number of furan rings is 1. The van der Waals surface area contributed by atoms with E-state index in [2.05, 4.69) is 4.98 Å². The quantitative estimate of drug-likeness (QED) is 0.663. The van der Waals surface area contributed by atoms with Gasteiger partial charge < -0.3 is 4.42 Å². The van der Waals surface area contributed by atoms with Crippen LogP contribution in [-0.2, 0) is 0 Å². The fraction of sp³-hybridized carbons (Fsp3) is 0.0769. The Kier molecular flexibility index (Phi) is 2.69. The monoisotopic (exact) mass is 277 g/mol. The predicted molar refractivity (Wildman–Crippen MR) is 71.5 cm³/mol. The highest BCUT2D eigenvalue weighted by atomic mass is 35.5. The van der Waals surface area contributed by atoms with E-state index in [0.29, 0.717) is 21.0 Å². The molecule has 90 valence electrons. The molecule has 0 bridgehead atoms. The van der Waals surface area contributed by atoms with Crippen molar-refractivity contribution in [1.29, 1.82) is 0 Å². The number of pyridine rings is 1. The summed E-state index contributed by atoms with van der Waals surface area (Å²) in [5.74, 6) is 0.117. The molecule has 3 aromatic heterocycles. The van der Waals surface area contributed by atoms with Gasteiger partial charge in [-0.1, -0.05) is 11.6 Å². The summed E-state index contributed by atoms with van der Waals surface area (Å²) in [6.45, 7) is 1.90. The van der Waals surface area contributed by atoms with Crippen LogP contribution in [0.5, 0.6) is 0 Å². The van der Waals surface area contributed by atoms with E-state index in [4.69, 9.17) is 16.0 Å². The fourth-order valence-corrected chi connectivity index (χ4v) is 2.57. The highest BCUT2D eigenvalue weighted by molar-refractivity contribution is 7.14. The van der Waals surface area contributed by atoms with Crippen LogP contribution in [0.15, 0.2) is 34.1 Å². The molecular formula is C13H8ClNO2S. The maximum absolute atomic E-state index is 12.1. The fourth-order valence-electron chi connectivity index (χ4n) is 1.71. The zero-order valence-electron chi connectivity index (χ0n) is 9.44. The van der Waals surface area contributed by atoms with Gasteiger partial charge in [-0.05, 0) is 25.1 Å². The Bertz CT molecular complexity index is 744. The van der Waals surface area contributed by atoms with E-state index in [1.807, 2.05) is 19.1 Å². The van der Waals surface area contributed by atoms with Gasteiger partial charge in [-0.25, -0.2) is 4.98 Å². The molecule has 0 fully saturated rings. The number of rotatable bonds is 2.